The number of thioether (sulfide) groups is 1. The smallest absolute Gasteiger partial charge is 0.257 e. The maximum atomic E-state index is 12.1. The molecule has 0 spiro atoms. The highest BCUT2D eigenvalue weighted by Crippen LogP contribution is 2.25. The Labute approximate surface area is 141 Å². The number of halogens is 1. The Hall–Kier alpha value is -1.50. The van der Waals surface area contributed by atoms with Crippen LogP contribution in [0.1, 0.15) is 4.88 Å². The van der Waals surface area contributed by atoms with Gasteiger partial charge in [0.15, 0.2) is 5.58 Å². The van der Waals surface area contributed by atoms with Crippen molar-refractivity contribution in [1.82, 2.24) is 9.88 Å². The van der Waals surface area contributed by atoms with Gasteiger partial charge in [-0.05, 0) is 29.6 Å². The summed E-state index contributed by atoms with van der Waals surface area (Å²) in [5, 5.41) is 3.10. The van der Waals surface area contributed by atoms with E-state index >= 15 is 0 Å². The second-order valence-electron chi connectivity index (χ2n) is 4.71. The number of carbonyl (C=O) groups is 1. The van der Waals surface area contributed by atoms with Crippen LogP contribution in [0, 0.1) is 0 Å². The van der Waals surface area contributed by atoms with Crippen molar-refractivity contribution in [3.8, 4) is 0 Å². The summed E-state index contributed by atoms with van der Waals surface area (Å²) in [5.74, 6) is 0.335. The van der Waals surface area contributed by atoms with E-state index in [9.17, 15) is 4.79 Å². The Morgan fingerprint density at radius 1 is 1.45 bits per heavy atom. The third-order valence-corrected chi connectivity index (χ3v) is 4.96. The molecule has 1 amide bonds. The predicted octanol–water partition coefficient (Wildman–Crippen LogP) is 4.29. The zero-order chi connectivity index (χ0) is 15.5. The van der Waals surface area contributed by atoms with Gasteiger partial charge in [-0.15, -0.1) is 11.3 Å². The summed E-state index contributed by atoms with van der Waals surface area (Å²) in [5.41, 5.74) is 1.38. The normalized spacial score (nSPS) is 11.0. The molecule has 3 aromatic rings. The molecular formula is C15H13ClN2O2S2. The highest BCUT2D eigenvalue weighted by atomic mass is 35.5. The quantitative estimate of drug-likeness (QED) is 0.642. The van der Waals surface area contributed by atoms with Gasteiger partial charge in [0.25, 0.3) is 5.22 Å². The van der Waals surface area contributed by atoms with Gasteiger partial charge in [-0.2, -0.15) is 0 Å². The lowest BCUT2D eigenvalue weighted by Gasteiger charge is -2.15. The van der Waals surface area contributed by atoms with E-state index in [4.69, 9.17) is 16.0 Å². The molecule has 0 atom stereocenters. The van der Waals surface area contributed by atoms with Gasteiger partial charge in [0.05, 0.1) is 12.3 Å². The minimum absolute atomic E-state index is 0.0405. The van der Waals surface area contributed by atoms with E-state index in [-0.39, 0.29) is 5.91 Å². The van der Waals surface area contributed by atoms with Crippen molar-refractivity contribution in [3.05, 3.63) is 45.6 Å². The molecule has 114 valence electrons. The molecule has 0 saturated carbocycles. The topological polar surface area (TPSA) is 46.3 Å². The third kappa shape index (κ3) is 3.63. The summed E-state index contributed by atoms with van der Waals surface area (Å²) < 4.78 is 5.58. The van der Waals surface area contributed by atoms with Crippen molar-refractivity contribution < 1.29 is 9.21 Å². The Balaban J connectivity index is 1.59. The first-order valence-corrected chi connectivity index (χ1v) is 8.81. The summed E-state index contributed by atoms with van der Waals surface area (Å²) in [6, 6.07) is 9.28. The number of oxazole rings is 1. The van der Waals surface area contributed by atoms with E-state index in [1.807, 2.05) is 17.5 Å². The average Bonchev–Trinajstić information content (AvgIpc) is 3.13. The van der Waals surface area contributed by atoms with Crippen molar-refractivity contribution in [1.29, 1.82) is 0 Å². The highest BCUT2D eigenvalue weighted by Gasteiger charge is 2.13. The summed E-state index contributed by atoms with van der Waals surface area (Å²) >= 11 is 8.85. The third-order valence-electron chi connectivity index (χ3n) is 3.05. The molecule has 0 N–H and O–H groups in total. The van der Waals surface area contributed by atoms with Crippen LogP contribution in [0.4, 0.5) is 0 Å². The standard InChI is InChI=1S/C15H13ClN2O2S2/c1-18(8-11-3-2-6-21-11)14(19)9-22-15-17-12-7-10(16)4-5-13(12)20-15/h2-7H,8-9H2,1H3. The zero-order valence-corrected chi connectivity index (χ0v) is 14.2. The van der Waals surface area contributed by atoms with Crippen LogP contribution in [0.25, 0.3) is 11.1 Å². The van der Waals surface area contributed by atoms with E-state index < -0.39 is 0 Å². The molecule has 2 aromatic heterocycles. The number of carbonyl (C=O) groups excluding carboxylic acids is 1. The van der Waals surface area contributed by atoms with Crippen molar-refractivity contribution in [2.45, 2.75) is 11.8 Å². The summed E-state index contributed by atoms with van der Waals surface area (Å²) in [6.45, 7) is 0.625. The lowest BCUT2D eigenvalue weighted by Crippen LogP contribution is -2.27. The van der Waals surface area contributed by atoms with Crippen molar-refractivity contribution >= 4 is 51.7 Å². The number of nitrogens with zero attached hydrogens (tertiary/aromatic N) is 2. The fourth-order valence-corrected chi connectivity index (χ4v) is 3.60. The van der Waals surface area contributed by atoms with Gasteiger partial charge >= 0.3 is 0 Å². The van der Waals surface area contributed by atoms with Crippen LogP contribution >= 0.6 is 34.7 Å². The number of amides is 1. The SMILES string of the molecule is CN(Cc1cccs1)C(=O)CSc1nc2cc(Cl)ccc2o1. The van der Waals surface area contributed by atoms with Gasteiger partial charge in [-0.1, -0.05) is 29.4 Å². The van der Waals surface area contributed by atoms with Crippen LogP contribution in [-0.4, -0.2) is 28.6 Å². The molecule has 22 heavy (non-hydrogen) atoms. The van der Waals surface area contributed by atoms with Gasteiger partial charge in [-0.25, -0.2) is 4.98 Å². The summed E-state index contributed by atoms with van der Waals surface area (Å²) in [7, 11) is 1.80. The molecule has 0 bridgehead atoms. The molecule has 4 nitrogen and oxygen atoms in total. The molecule has 0 aliphatic carbocycles. The molecule has 0 aliphatic rings. The van der Waals surface area contributed by atoms with Gasteiger partial charge in [0.2, 0.25) is 5.91 Å². The second-order valence-corrected chi connectivity index (χ2v) is 7.10. The summed E-state index contributed by atoms with van der Waals surface area (Å²) in [4.78, 5) is 19.3. The number of aromatic nitrogens is 1. The van der Waals surface area contributed by atoms with Crippen LogP contribution in [0.2, 0.25) is 5.02 Å². The van der Waals surface area contributed by atoms with Crippen LogP contribution in [0.3, 0.4) is 0 Å². The number of benzene rings is 1. The molecule has 3 rings (SSSR count). The maximum Gasteiger partial charge on any atom is 0.257 e. The predicted molar refractivity (Wildman–Crippen MR) is 90.5 cm³/mol. The van der Waals surface area contributed by atoms with Crippen molar-refractivity contribution in [2.24, 2.45) is 0 Å². The van der Waals surface area contributed by atoms with E-state index in [2.05, 4.69) is 4.98 Å². The largest absolute Gasteiger partial charge is 0.431 e. The fourth-order valence-electron chi connectivity index (χ4n) is 1.90. The van der Waals surface area contributed by atoms with E-state index in [0.717, 1.165) is 4.88 Å². The van der Waals surface area contributed by atoms with Crippen LogP contribution in [0.5, 0.6) is 0 Å². The monoisotopic (exact) mass is 352 g/mol. The average molecular weight is 353 g/mol. The Bertz CT molecular complexity index is 786. The van der Waals surface area contributed by atoms with E-state index in [1.165, 1.54) is 11.8 Å². The van der Waals surface area contributed by atoms with E-state index in [0.29, 0.717) is 33.6 Å². The Morgan fingerprint density at radius 3 is 3.09 bits per heavy atom. The maximum absolute atomic E-state index is 12.1. The van der Waals surface area contributed by atoms with Crippen LogP contribution in [0.15, 0.2) is 45.4 Å². The first kappa shape index (κ1) is 15.4. The van der Waals surface area contributed by atoms with Crippen molar-refractivity contribution in [3.63, 3.8) is 0 Å². The number of rotatable bonds is 5. The molecular weight excluding hydrogens is 340 g/mol. The minimum atomic E-state index is 0.0405. The zero-order valence-electron chi connectivity index (χ0n) is 11.8. The highest BCUT2D eigenvalue weighted by molar-refractivity contribution is 7.99. The molecule has 0 unspecified atom stereocenters. The fraction of sp³-hybridized carbons (Fsp3) is 0.200. The van der Waals surface area contributed by atoms with Gasteiger partial charge in [0, 0.05) is 16.9 Å². The number of hydrogen-bond acceptors (Lipinski definition) is 5. The van der Waals surface area contributed by atoms with Crippen molar-refractivity contribution in [2.75, 3.05) is 12.8 Å². The summed E-state index contributed by atoms with van der Waals surface area (Å²) in [6.07, 6.45) is 0. The Kier molecular flexibility index (Phi) is 4.71. The number of thiophene rings is 1. The van der Waals surface area contributed by atoms with Gasteiger partial charge in [0.1, 0.15) is 5.52 Å². The number of hydrogen-bond donors (Lipinski definition) is 0. The molecule has 0 radical (unpaired) electrons. The van der Waals surface area contributed by atoms with E-state index in [1.54, 1.807) is 41.5 Å². The number of fused-ring (bicyclic) bond motifs is 1. The second kappa shape index (κ2) is 6.73. The molecule has 0 saturated heterocycles. The first-order chi connectivity index (χ1) is 10.6. The van der Waals surface area contributed by atoms with Gasteiger partial charge < -0.3 is 9.32 Å². The van der Waals surface area contributed by atoms with Gasteiger partial charge in [-0.3, -0.25) is 4.79 Å². The molecule has 7 heteroatoms. The molecule has 2 heterocycles. The molecule has 0 aliphatic heterocycles. The first-order valence-electron chi connectivity index (χ1n) is 6.57. The minimum Gasteiger partial charge on any atom is -0.431 e. The van der Waals surface area contributed by atoms with Crippen LogP contribution in [-0.2, 0) is 11.3 Å². The molecule has 1 aromatic carbocycles. The lowest BCUT2D eigenvalue weighted by molar-refractivity contribution is -0.127. The lowest BCUT2D eigenvalue weighted by atomic mass is 10.3. The van der Waals surface area contributed by atoms with Crippen LogP contribution < -0.4 is 0 Å². The Morgan fingerprint density at radius 2 is 2.32 bits per heavy atom. The molecule has 0 fully saturated rings.